The molecular formula is C48H28N2OS. The van der Waals surface area contributed by atoms with Crippen molar-refractivity contribution in [2.75, 3.05) is 0 Å². The summed E-state index contributed by atoms with van der Waals surface area (Å²) in [6.45, 7) is 0. The van der Waals surface area contributed by atoms with Crippen molar-refractivity contribution in [3.63, 3.8) is 0 Å². The molecule has 8 aromatic carbocycles. The van der Waals surface area contributed by atoms with Crippen molar-refractivity contribution in [1.82, 2.24) is 9.97 Å². The van der Waals surface area contributed by atoms with E-state index in [2.05, 4.69) is 170 Å². The Kier molecular flexibility index (Phi) is 6.42. The van der Waals surface area contributed by atoms with Crippen LogP contribution in [0.3, 0.4) is 0 Å². The normalized spacial score (nSPS) is 11.8. The van der Waals surface area contributed by atoms with Crippen LogP contribution in [-0.4, -0.2) is 9.97 Å². The van der Waals surface area contributed by atoms with Crippen LogP contribution in [0.1, 0.15) is 0 Å². The van der Waals surface area contributed by atoms with E-state index in [4.69, 9.17) is 14.4 Å². The minimum atomic E-state index is 0.706. The van der Waals surface area contributed by atoms with Gasteiger partial charge < -0.3 is 4.42 Å². The Bertz CT molecular complexity index is 3170. The van der Waals surface area contributed by atoms with E-state index in [1.165, 1.54) is 26.6 Å². The highest BCUT2D eigenvalue weighted by Crippen LogP contribution is 2.47. The summed E-state index contributed by atoms with van der Waals surface area (Å²) in [5.74, 6) is 0.706. The highest BCUT2D eigenvalue weighted by Gasteiger charge is 2.23. The third-order valence-corrected chi connectivity index (χ3v) is 11.4. The molecule has 0 bridgehead atoms. The lowest BCUT2D eigenvalue weighted by Gasteiger charge is -2.12. The summed E-state index contributed by atoms with van der Waals surface area (Å²) in [4.78, 5) is 11.7. The van der Waals surface area contributed by atoms with Crippen LogP contribution in [0.2, 0.25) is 0 Å². The molecule has 4 heteroatoms. The molecule has 0 amide bonds. The quantitative estimate of drug-likeness (QED) is 0.186. The maximum atomic E-state index is 6.95. The van der Waals surface area contributed by atoms with Crippen molar-refractivity contribution in [3.05, 3.63) is 170 Å². The molecule has 242 valence electrons. The summed E-state index contributed by atoms with van der Waals surface area (Å²) < 4.78 is 8.15. The number of thiophene rings is 1. The molecule has 0 atom stereocenters. The van der Waals surface area contributed by atoms with E-state index in [-0.39, 0.29) is 0 Å². The number of nitrogens with zero attached hydrogens (tertiary/aromatic N) is 2. The van der Waals surface area contributed by atoms with Gasteiger partial charge in [-0.1, -0.05) is 152 Å². The molecule has 0 saturated heterocycles. The zero-order valence-corrected chi connectivity index (χ0v) is 28.7. The minimum Gasteiger partial charge on any atom is -0.455 e. The highest BCUT2D eigenvalue weighted by molar-refractivity contribution is 7.25. The van der Waals surface area contributed by atoms with Gasteiger partial charge in [0.05, 0.1) is 5.69 Å². The number of aromatic nitrogens is 2. The molecule has 0 N–H and O–H groups in total. The number of hydrogen-bond donors (Lipinski definition) is 0. The van der Waals surface area contributed by atoms with Crippen molar-refractivity contribution < 1.29 is 4.42 Å². The lowest BCUT2D eigenvalue weighted by molar-refractivity contribution is 0.674. The molecule has 0 saturated carbocycles. The lowest BCUT2D eigenvalue weighted by Crippen LogP contribution is -1.95. The zero-order valence-electron chi connectivity index (χ0n) is 27.9. The van der Waals surface area contributed by atoms with E-state index in [9.17, 15) is 0 Å². The van der Waals surface area contributed by atoms with Gasteiger partial charge in [0.2, 0.25) is 0 Å². The highest BCUT2D eigenvalue weighted by atomic mass is 32.1. The first-order chi connectivity index (χ1) is 25.8. The second-order valence-corrected chi connectivity index (χ2v) is 14.3. The molecular weight excluding hydrogens is 653 g/mol. The van der Waals surface area contributed by atoms with Crippen LogP contribution in [0.25, 0.3) is 109 Å². The molecule has 0 aliphatic heterocycles. The molecule has 52 heavy (non-hydrogen) atoms. The Morgan fingerprint density at radius 1 is 0.385 bits per heavy atom. The number of rotatable bonds is 4. The zero-order chi connectivity index (χ0) is 34.2. The van der Waals surface area contributed by atoms with E-state index in [1.54, 1.807) is 11.3 Å². The summed E-state index contributed by atoms with van der Waals surface area (Å²) in [5.41, 5.74) is 9.23. The summed E-state index contributed by atoms with van der Waals surface area (Å²) in [6, 6.07) is 60.1. The fourth-order valence-corrected chi connectivity index (χ4v) is 8.95. The first kappa shape index (κ1) is 29.1. The molecule has 3 heterocycles. The van der Waals surface area contributed by atoms with Gasteiger partial charge in [-0.15, -0.1) is 11.3 Å². The van der Waals surface area contributed by atoms with E-state index < -0.39 is 0 Å². The number of furan rings is 1. The van der Waals surface area contributed by atoms with Gasteiger partial charge in [-0.2, -0.15) is 0 Å². The second kappa shape index (κ2) is 11.5. The van der Waals surface area contributed by atoms with E-state index in [0.717, 1.165) is 76.3 Å². The summed E-state index contributed by atoms with van der Waals surface area (Å²) in [6.07, 6.45) is 0. The Hall–Kier alpha value is -6.62. The largest absolute Gasteiger partial charge is 0.455 e. The monoisotopic (exact) mass is 680 g/mol. The van der Waals surface area contributed by atoms with Crippen molar-refractivity contribution in [3.8, 4) is 44.9 Å². The van der Waals surface area contributed by atoms with Gasteiger partial charge in [-0.25, -0.2) is 9.97 Å². The number of hydrogen-bond acceptors (Lipinski definition) is 4. The van der Waals surface area contributed by atoms with E-state index >= 15 is 0 Å². The fraction of sp³-hybridized carbons (Fsp3) is 0. The van der Waals surface area contributed by atoms with Crippen LogP contribution in [0.15, 0.2) is 174 Å². The molecule has 0 radical (unpaired) electrons. The van der Waals surface area contributed by atoms with Gasteiger partial charge >= 0.3 is 0 Å². The van der Waals surface area contributed by atoms with Crippen molar-refractivity contribution in [2.45, 2.75) is 0 Å². The smallest absolute Gasteiger partial charge is 0.161 e. The maximum Gasteiger partial charge on any atom is 0.161 e. The van der Waals surface area contributed by atoms with Crippen LogP contribution in [0, 0.1) is 0 Å². The Balaban J connectivity index is 1.18. The fourth-order valence-electron chi connectivity index (χ4n) is 7.87. The van der Waals surface area contributed by atoms with Gasteiger partial charge in [0.15, 0.2) is 5.82 Å². The second-order valence-electron chi connectivity index (χ2n) is 13.3. The van der Waals surface area contributed by atoms with Gasteiger partial charge in [0.1, 0.15) is 16.0 Å². The average Bonchev–Trinajstić information content (AvgIpc) is 3.80. The summed E-state index contributed by atoms with van der Waals surface area (Å²) in [5, 5.41) is 9.10. The Morgan fingerprint density at radius 2 is 1.04 bits per heavy atom. The Morgan fingerprint density at radius 3 is 1.88 bits per heavy atom. The van der Waals surface area contributed by atoms with Crippen molar-refractivity contribution in [1.29, 1.82) is 0 Å². The standard InChI is InChI=1S/C48H28N2OS/c1-2-11-30(12-3-1)37-27-28-39(42-40-26-25-31-14-5-7-17-36(31)45(40)51-46(37)42)44-43-38-18-8-9-20-41(38)52-48(43)50-47(49-44)33-23-21-32(22-24-33)35-19-10-15-29-13-4-6-16-34(29)35/h1-28H. The maximum absolute atomic E-state index is 6.95. The summed E-state index contributed by atoms with van der Waals surface area (Å²) in [7, 11) is 0. The molecule has 0 unspecified atom stereocenters. The SMILES string of the molecule is c1ccc(-c2ccc(-c3nc(-c4ccc(-c5cccc6ccccc56)cc4)nc4sc5ccccc5c34)c3c2oc2c4ccccc4ccc23)cc1. The topological polar surface area (TPSA) is 38.9 Å². The molecule has 11 aromatic rings. The molecule has 11 rings (SSSR count). The van der Waals surface area contributed by atoms with Crippen LogP contribution < -0.4 is 0 Å². The molecule has 0 fully saturated rings. The number of fused-ring (bicyclic) bond motifs is 9. The van der Waals surface area contributed by atoms with Crippen molar-refractivity contribution in [2.24, 2.45) is 0 Å². The van der Waals surface area contributed by atoms with E-state index in [0.29, 0.717) is 5.82 Å². The predicted octanol–water partition coefficient (Wildman–Crippen LogP) is 13.7. The van der Waals surface area contributed by atoms with Crippen LogP contribution in [-0.2, 0) is 0 Å². The van der Waals surface area contributed by atoms with E-state index in [1.807, 2.05) is 0 Å². The van der Waals surface area contributed by atoms with Crippen LogP contribution in [0.5, 0.6) is 0 Å². The van der Waals surface area contributed by atoms with Crippen molar-refractivity contribution >= 4 is 75.1 Å². The third kappa shape index (κ3) is 4.45. The van der Waals surface area contributed by atoms with Crippen LogP contribution >= 0.6 is 11.3 Å². The predicted molar refractivity (Wildman–Crippen MR) is 219 cm³/mol. The van der Waals surface area contributed by atoms with Gasteiger partial charge in [0, 0.05) is 48.3 Å². The first-order valence-electron chi connectivity index (χ1n) is 17.5. The Labute approximate surface area is 303 Å². The lowest BCUT2D eigenvalue weighted by atomic mass is 9.94. The molecule has 0 aliphatic rings. The summed E-state index contributed by atoms with van der Waals surface area (Å²) >= 11 is 1.72. The minimum absolute atomic E-state index is 0.706. The van der Waals surface area contributed by atoms with Gasteiger partial charge in [0.25, 0.3) is 0 Å². The molecule has 3 nitrogen and oxygen atoms in total. The van der Waals surface area contributed by atoms with Gasteiger partial charge in [-0.3, -0.25) is 0 Å². The molecule has 3 aromatic heterocycles. The first-order valence-corrected chi connectivity index (χ1v) is 18.3. The van der Waals surface area contributed by atoms with Gasteiger partial charge in [-0.05, 0) is 51.0 Å². The number of benzene rings is 8. The molecule has 0 aliphatic carbocycles. The van der Waals surface area contributed by atoms with Crippen LogP contribution in [0.4, 0.5) is 0 Å². The average molecular weight is 681 g/mol. The molecule has 0 spiro atoms. The third-order valence-electron chi connectivity index (χ3n) is 10.3.